The SMILES string of the molecule is COc1cc(NC(C)=O)ccc1N[C@H](C)C1CCN(C)CC1. The Morgan fingerprint density at radius 3 is 2.64 bits per heavy atom. The number of likely N-dealkylation sites (tertiary alicyclic amines) is 1. The lowest BCUT2D eigenvalue weighted by atomic mass is 9.90. The molecule has 5 nitrogen and oxygen atoms in total. The predicted molar refractivity (Wildman–Crippen MR) is 90.6 cm³/mol. The lowest BCUT2D eigenvalue weighted by Gasteiger charge is -2.33. The summed E-state index contributed by atoms with van der Waals surface area (Å²) in [7, 11) is 3.83. The highest BCUT2D eigenvalue weighted by atomic mass is 16.5. The van der Waals surface area contributed by atoms with Gasteiger partial charge in [-0.25, -0.2) is 0 Å². The number of hydrogen-bond donors (Lipinski definition) is 2. The Labute approximate surface area is 133 Å². The summed E-state index contributed by atoms with van der Waals surface area (Å²) in [4.78, 5) is 13.5. The maximum atomic E-state index is 11.1. The molecule has 0 unspecified atom stereocenters. The molecule has 0 spiro atoms. The minimum atomic E-state index is -0.0811. The molecule has 1 aromatic carbocycles. The van der Waals surface area contributed by atoms with E-state index < -0.39 is 0 Å². The van der Waals surface area contributed by atoms with Crippen LogP contribution in [0.4, 0.5) is 11.4 Å². The van der Waals surface area contributed by atoms with Crippen LogP contribution in [0.15, 0.2) is 18.2 Å². The Morgan fingerprint density at radius 1 is 1.36 bits per heavy atom. The Balaban J connectivity index is 2.03. The molecule has 1 aliphatic rings. The van der Waals surface area contributed by atoms with Crippen molar-refractivity contribution in [3.8, 4) is 5.75 Å². The van der Waals surface area contributed by atoms with Crippen molar-refractivity contribution in [1.29, 1.82) is 0 Å². The number of ether oxygens (including phenoxy) is 1. The molecule has 1 heterocycles. The fourth-order valence-electron chi connectivity index (χ4n) is 2.98. The molecule has 1 aromatic rings. The van der Waals surface area contributed by atoms with Crippen molar-refractivity contribution >= 4 is 17.3 Å². The molecule has 0 aromatic heterocycles. The van der Waals surface area contributed by atoms with E-state index in [1.807, 2.05) is 18.2 Å². The average molecular weight is 305 g/mol. The minimum absolute atomic E-state index is 0.0811. The van der Waals surface area contributed by atoms with Gasteiger partial charge in [0.1, 0.15) is 5.75 Å². The molecule has 2 rings (SSSR count). The van der Waals surface area contributed by atoms with E-state index in [1.165, 1.54) is 19.8 Å². The van der Waals surface area contributed by atoms with E-state index in [4.69, 9.17) is 4.74 Å². The molecule has 2 N–H and O–H groups in total. The van der Waals surface area contributed by atoms with E-state index in [0.29, 0.717) is 12.0 Å². The Kier molecular flexibility index (Phi) is 5.66. The maximum absolute atomic E-state index is 11.1. The molecule has 0 aliphatic carbocycles. The first-order valence-corrected chi connectivity index (χ1v) is 7.90. The van der Waals surface area contributed by atoms with Gasteiger partial charge in [-0.1, -0.05) is 0 Å². The molecule has 122 valence electrons. The van der Waals surface area contributed by atoms with Crippen LogP contribution in [0.2, 0.25) is 0 Å². The largest absolute Gasteiger partial charge is 0.495 e. The van der Waals surface area contributed by atoms with Gasteiger partial charge in [0.2, 0.25) is 5.91 Å². The molecular formula is C17H27N3O2. The molecule has 1 amide bonds. The minimum Gasteiger partial charge on any atom is -0.495 e. The molecule has 1 fully saturated rings. The molecule has 0 saturated carbocycles. The number of amides is 1. The van der Waals surface area contributed by atoms with Gasteiger partial charge < -0.3 is 20.3 Å². The normalized spacial score (nSPS) is 17.8. The summed E-state index contributed by atoms with van der Waals surface area (Å²) in [5, 5.41) is 6.35. The van der Waals surface area contributed by atoms with Crippen molar-refractivity contribution in [3.05, 3.63) is 18.2 Å². The zero-order chi connectivity index (χ0) is 16.1. The number of piperidine rings is 1. The van der Waals surface area contributed by atoms with Gasteiger partial charge in [-0.3, -0.25) is 4.79 Å². The van der Waals surface area contributed by atoms with Crippen molar-refractivity contribution < 1.29 is 9.53 Å². The van der Waals surface area contributed by atoms with Gasteiger partial charge >= 0.3 is 0 Å². The molecule has 0 bridgehead atoms. The van der Waals surface area contributed by atoms with Gasteiger partial charge in [0.05, 0.1) is 12.8 Å². The molecule has 0 radical (unpaired) electrons. The highest BCUT2D eigenvalue weighted by Crippen LogP contribution is 2.30. The van der Waals surface area contributed by atoms with Gasteiger partial charge in [-0.05, 0) is 58.0 Å². The van der Waals surface area contributed by atoms with Crippen LogP contribution in [0.25, 0.3) is 0 Å². The number of benzene rings is 1. The van der Waals surface area contributed by atoms with E-state index in [1.54, 1.807) is 7.11 Å². The molecule has 1 saturated heterocycles. The fourth-order valence-corrected chi connectivity index (χ4v) is 2.98. The van der Waals surface area contributed by atoms with Gasteiger partial charge in [-0.2, -0.15) is 0 Å². The monoisotopic (exact) mass is 305 g/mol. The Hall–Kier alpha value is -1.75. The second kappa shape index (κ2) is 7.49. The topological polar surface area (TPSA) is 53.6 Å². The fraction of sp³-hybridized carbons (Fsp3) is 0.588. The number of carbonyl (C=O) groups excluding carboxylic acids is 1. The van der Waals surface area contributed by atoms with Crippen LogP contribution < -0.4 is 15.4 Å². The summed E-state index contributed by atoms with van der Waals surface area (Å²) >= 11 is 0. The maximum Gasteiger partial charge on any atom is 0.221 e. The summed E-state index contributed by atoms with van der Waals surface area (Å²) in [6, 6.07) is 6.11. The van der Waals surface area contributed by atoms with Crippen LogP contribution in [0.5, 0.6) is 5.75 Å². The third-order valence-corrected chi connectivity index (χ3v) is 4.38. The smallest absolute Gasteiger partial charge is 0.221 e. The highest BCUT2D eigenvalue weighted by molar-refractivity contribution is 5.89. The highest BCUT2D eigenvalue weighted by Gasteiger charge is 2.22. The number of nitrogens with zero attached hydrogens (tertiary/aromatic N) is 1. The molecule has 22 heavy (non-hydrogen) atoms. The van der Waals surface area contributed by atoms with Crippen LogP contribution in [-0.2, 0) is 4.79 Å². The summed E-state index contributed by atoms with van der Waals surface area (Å²) in [5.74, 6) is 1.35. The molecule has 5 heteroatoms. The number of anilines is 2. The third-order valence-electron chi connectivity index (χ3n) is 4.38. The summed E-state index contributed by atoms with van der Waals surface area (Å²) in [6.45, 7) is 6.06. The lowest BCUT2D eigenvalue weighted by molar-refractivity contribution is -0.114. The summed E-state index contributed by atoms with van der Waals surface area (Å²) in [5.41, 5.74) is 1.73. The number of carbonyl (C=O) groups is 1. The third kappa shape index (κ3) is 4.37. The number of rotatable bonds is 5. The second-order valence-electron chi connectivity index (χ2n) is 6.17. The second-order valence-corrected chi connectivity index (χ2v) is 6.17. The van der Waals surface area contributed by atoms with E-state index in [9.17, 15) is 4.79 Å². The van der Waals surface area contributed by atoms with Crippen LogP contribution in [-0.4, -0.2) is 44.1 Å². The Bertz CT molecular complexity index is 511. The Morgan fingerprint density at radius 2 is 2.05 bits per heavy atom. The average Bonchev–Trinajstić information content (AvgIpc) is 2.48. The van der Waals surface area contributed by atoms with Crippen molar-refractivity contribution in [2.75, 3.05) is 37.9 Å². The van der Waals surface area contributed by atoms with Gasteiger partial charge in [0.25, 0.3) is 0 Å². The lowest BCUT2D eigenvalue weighted by Crippen LogP contribution is -2.37. The van der Waals surface area contributed by atoms with E-state index in [2.05, 4.69) is 29.5 Å². The standard InChI is InChI=1S/C17H27N3O2/c1-12(14-7-9-20(3)10-8-14)18-16-6-5-15(19-13(2)21)11-17(16)22-4/h5-6,11-12,14,18H,7-10H2,1-4H3,(H,19,21)/t12-/m1/s1. The zero-order valence-electron chi connectivity index (χ0n) is 14.0. The number of nitrogens with one attached hydrogen (secondary N) is 2. The molecule has 1 atom stereocenters. The first kappa shape index (κ1) is 16.6. The zero-order valence-corrected chi connectivity index (χ0v) is 14.0. The van der Waals surface area contributed by atoms with E-state index in [0.717, 1.165) is 30.2 Å². The molecular weight excluding hydrogens is 278 g/mol. The van der Waals surface area contributed by atoms with Crippen LogP contribution in [0, 0.1) is 5.92 Å². The van der Waals surface area contributed by atoms with Crippen LogP contribution in [0.1, 0.15) is 26.7 Å². The van der Waals surface area contributed by atoms with Gasteiger partial charge in [0, 0.05) is 24.7 Å². The number of methoxy groups -OCH3 is 1. The van der Waals surface area contributed by atoms with E-state index >= 15 is 0 Å². The first-order valence-electron chi connectivity index (χ1n) is 7.90. The van der Waals surface area contributed by atoms with Crippen molar-refractivity contribution in [2.45, 2.75) is 32.7 Å². The summed E-state index contributed by atoms with van der Waals surface area (Å²) < 4.78 is 5.45. The van der Waals surface area contributed by atoms with Gasteiger partial charge in [-0.15, -0.1) is 0 Å². The quantitative estimate of drug-likeness (QED) is 0.878. The predicted octanol–water partition coefficient (Wildman–Crippen LogP) is 2.80. The van der Waals surface area contributed by atoms with Crippen LogP contribution >= 0.6 is 0 Å². The van der Waals surface area contributed by atoms with Crippen molar-refractivity contribution in [3.63, 3.8) is 0 Å². The summed E-state index contributed by atoms with van der Waals surface area (Å²) in [6.07, 6.45) is 2.44. The van der Waals surface area contributed by atoms with Crippen molar-refractivity contribution in [2.24, 2.45) is 5.92 Å². The van der Waals surface area contributed by atoms with E-state index in [-0.39, 0.29) is 5.91 Å². The van der Waals surface area contributed by atoms with Crippen LogP contribution in [0.3, 0.4) is 0 Å². The first-order chi connectivity index (χ1) is 10.5. The molecule has 1 aliphatic heterocycles. The number of hydrogen-bond acceptors (Lipinski definition) is 4. The van der Waals surface area contributed by atoms with Crippen molar-refractivity contribution in [1.82, 2.24) is 4.90 Å². The van der Waals surface area contributed by atoms with Gasteiger partial charge in [0.15, 0.2) is 0 Å².